The molecule has 0 saturated carbocycles. The summed E-state index contributed by atoms with van der Waals surface area (Å²) < 4.78 is 10.7. The van der Waals surface area contributed by atoms with Crippen LogP contribution in [0.25, 0.3) is 0 Å². The van der Waals surface area contributed by atoms with Crippen LogP contribution in [-0.2, 0) is 16.0 Å². The molecule has 0 aromatic heterocycles. The van der Waals surface area contributed by atoms with Crippen molar-refractivity contribution in [1.29, 1.82) is 0 Å². The SMILES string of the molecule is COc1cc2c(cc1C)CCC[C@H]2OC(C)=O. The topological polar surface area (TPSA) is 35.5 Å². The lowest BCUT2D eigenvalue weighted by Crippen LogP contribution is -2.15. The maximum absolute atomic E-state index is 11.1. The molecule has 0 spiro atoms. The molecule has 1 aliphatic rings. The second-order valence-electron chi connectivity index (χ2n) is 4.51. The first-order chi connectivity index (χ1) is 8.11. The maximum atomic E-state index is 11.1. The zero-order valence-corrected chi connectivity index (χ0v) is 10.6. The Morgan fingerprint density at radius 2 is 2.18 bits per heavy atom. The van der Waals surface area contributed by atoms with Gasteiger partial charge in [-0.3, -0.25) is 4.79 Å². The first-order valence-electron chi connectivity index (χ1n) is 5.96. The van der Waals surface area contributed by atoms with Crippen molar-refractivity contribution >= 4 is 5.97 Å². The number of ether oxygens (including phenoxy) is 2. The Kier molecular flexibility index (Phi) is 3.36. The highest BCUT2D eigenvalue weighted by Crippen LogP contribution is 2.36. The minimum absolute atomic E-state index is 0.106. The standard InChI is InChI=1S/C14H18O3/c1-9-7-11-5-4-6-13(17-10(2)15)12(11)8-14(9)16-3/h7-8,13H,4-6H2,1-3H3/t13-/m1/s1. The molecule has 1 aliphatic carbocycles. The number of carbonyl (C=O) groups excluding carboxylic acids is 1. The van der Waals surface area contributed by atoms with Gasteiger partial charge in [-0.1, -0.05) is 6.07 Å². The Hall–Kier alpha value is -1.51. The molecule has 0 fully saturated rings. The van der Waals surface area contributed by atoms with Gasteiger partial charge in [0.05, 0.1) is 7.11 Å². The van der Waals surface area contributed by atoms with Gasteiger partial charge in [-0.05, 0) is 48.9 Å². The fraction of sp³-hybridized carbons (Fsp3) is 0.500. The van der Waals surface area contributed by atoms with Crippen molar-refractivity contribution in [3.8, 4) is 5.75 Å². The number of hydrogen-bond acceptors (Lipinski definition) is 3. The lowest BCUT2D eigenvalue weighted by Gasteiger charge is -2.26. The fourth-order valence-electron chi connectivity index (χ4n) is 2.46. The molecule has 3 nitrogen and oxygen atoms in total. The van der Waals surface area contributed by atoms with Crippen LogP contribution in [0.2, 0.25) is 0 Å². The number of rotatable bonds is 2. The van der Waals surface area contributed by atoms with Crippen molar-refractivity contribution in [3.05, 3.63) is 28.8 Å². The molecule has 3 heteroatoms. The van der Waals surface area contributed by atoms with Crippen LogP contribution in [-0.4, -0.2) is 13.1 Å². The van der Waals surface area contributed by atoms with Crippen molar-refractivity contribution in [3.63, 3.8) is 0 Å². The summed E-state index contributed by atoms with van der Waals surface area (Å²) in [5, 5.41) is 0. The molecule has 0 N–H and O–H groups in total. The number of aryl methyl sites for hydroxylation is 2. The Labute approximate surface area is 102 Å². The van der Waals surface area contributed by atoms with Crippen molar-refractivity contribution in [2.45, 2.75) is 39.2 Å². The van der Waals surface area contributed by atoms with E-state index in [0.29, 0.717) is 0 Å². The Morgan fingerprint density at radius 3 is 2.82 bits per heavy atom. The van der Waals surface area contributed by atoms with Gasteiger partial charge < -0.3 is 9.47 Å². The quantitative estimate of drug-likeness (QED) is 0.738. The Bertz CT molecular complexity index is 437. The van der Waals surface area contributed by atoms with E-state index in [2.05, 4.69) is 6.07 Å². The molecule has 0 aliphatic heterocycles. The lowest BCUT2D eigenvalue weighted by molar-refractivity contribution is -0.147. The van der Waals surface area contributed by atoms with E-state index in [9.17, 15) is 4.79 Å². The fourth-order valence-corrected chi connectivity index (χ4v) is 2.46. The van der Waals surface area contributed by atoms with Crippen LogP contribution in [0.5, 0.6) is 5.75 Å². The number of methoxy groups -OCH3 is 1. The minimum atomic E-state index is -0.220. The summed E-state index contributed by atoms with van der Waals surface area (Å²) in [5.74, 6) is 0.644. The van der Waals surface area contributed by atoms with E-state index in [0.717, 1.165) is 36.1 Å². The van der Waals surface area contributed by atoms with Gasteiger partial charge in [-0.15, -0.1) is 0 Å². The molecule has 0 heterocycles. The zero-order chi connectivity index (χ0) is 12.4. The van der Waals surface area contributed by atoms with Crippen molar-refractivity contribution in [2.24, 2.45) is 0 Å². The predicted molar refractivity (Wildman–Crippen MR) is 65.2 cm³/mol. The summed E-state index contributed by atoms with van der Waals surface area (Å²) in [7, 11) is 1.67. The number of carbonyl (C=O) groups is 1. The largest absolute Gasteiger partial charge is 0.496 e. The van der Waals surface area contributed by atoms with Gasteiger partial charge in [0.1, 0.15) is 11.9 Å². The van der Waals surface area contributed by atoms with Crippen molar-refractivity contribution < 1.29 is 14.3 Å². The van der Waals surface area contributed by atoms with Crippen LogP contribution in [0.1, 0.15) is 42.6 Å². The molecule has 0 saturated heterocycles. The van der Waals surface area contributed by atoms with E-state index in [1.807, 2.05) is 13.0 Å². The van der Waals surface area contributed by atoms with Crippen molar-refractivity contribution in [2.75, 3.05) is 7.11 Å². The van der Waals surface area contributed by atoms with E-state index in [4.69, 9.17) is 9.47 Å². The van der Waals surface area contributed by atoms with Gasteiger partial charge in [0.15, 0.2) is 0 Å². The first kappa shape index (κ1) is 12.0. The monoisotopic (exact) mass is 234 g/mol. The number of benzene rings is 1. The number of fused-ring (bicyclic) bond motifs is 1. The van der Waals surface area contributed by atoms with E-state index in [1.54, 1.807) is 7.11 Å². The third-order valence-corrected chi connectivity index (χ3v) is 3.22. The molecule has 17 heavy (non-hydrogen) atoms. The molecule has 2 rings (SSSR count). The molecule has 0 radical (unpaired) electrons. The second-order valence-corrected chi connectivity index (χ2v) is 4.51. The van der Waals surface area contributed by atoms with Gasteiger partial charge in [0.25, 0.3) is 0 Å². The van der Waals surface area contributed by atoms with Crippen molar-refractivity contribution in [1.82, 2.24) is 0 Å². The highest BCUT2D eigenvalue weighted by Gasteiger charge is 2.23. The van der Waals surface area contributed by atoms with Gasteiger partial charge in [0, 0.05) is 6.92 Å². The summed E-state index contributed by atoms with van der Waals surface area (Å²) >= 11 is 0. The normalized spacial score (nSPS) is 18.4. The summed E-state index contributed by atoms with van der Waals surface area (Å²) in [6, 6.07) is 4.15. The minimum Gasteiger partial charge on any atom is -0.496 e. The first-order valence-corrected chi connectivity index (χ1v) is 5.96. The summed E-state index contributed by atoms with van der Waals surface area (Å²) in [6.45, 7) is 3.49. The van der Waals surface area contributed by atoms with E-state index < -0.39 is 0 Å². The predicted octanol–water partition coefficient (Wildman–Crippen LogP) is 2.94. The number of hydrogen-bond donors (Lipinski definition) is 0. The highest BCUT2D eigenvalue weighted by atomic mass is 16.5. The molecule has 0 bridgehead atoms. The highest BCUT2D eigenvalue weighted by molar-refractivity contribution is 5.66. The third-order valence-electron chi connectivity index (χ3n) is 3.22. The molecular weight excluding hydrogens is 216 g/mol. The van der Waals surface area contributed by atoms with E-state index >= 15 is 0 Å². The molecular formula is C14H18O3. The molecule has 0 unspecified atom stereocenters. The summed E-state index contributed by atoms with van der Waals surface area (Å²) in [4.78, 5) is 11.1. The molecule has 92 valence electrons. The van der Waals surface area contributed by atoms with E-state index in [-0.39, 0.29) is 12.1 Å². The van der Waals surface area contributed by atoms with Crippen LogP contribution in [0.3, 0.4) is 0 Å². The molecule has 1 aromatic carbocycles. The van der Waals surface area contributed by atoms with E-state index in [1.165, 1.54) is 12.5 Å². The zero-order valence-electron chi connectivity index (χ0n) is 10.6. The van der Waals surface area contributed by atoms with Gasteiger partial charge in [0.2, 0.25) is 0 Å². The Morgan fingerprint density at radius 1 is 1.41 bits per heavy atom. The lowest BCUT2D eigenvalue weighted by atomic mass is 9.88. The second kappa shape index (κ2) is 4.78. The maximum Gasteiger partial charge on any atom is 0.303 e. The van der Waals surface area contributed by atoms with Gasteiger partial charge >= 0.3 is 5.97 Å². The smallest absolute Gasteiger partial charge is 0.303 e. The molecule has 1 aromatic rings. The van der Waals surface area contributed by atoms with Crippen LogP contribution < -0.4 is 4.74 Å². The molecule has 0 amide bonds. The van der Waals surface area contributed by atoms with Gasteiger partial charge in [-0.2, -0.15) is 0 Å². The third kappa shape index (κ3) is 2.43. The molecule has 1 atom stereocenters. The average Bonchev–Trinajstić information content (AvgIpc) is 2.27. The number of esters is 1. The van der Waals surface area contributed by atoms with Crippen LogP contribution in [0.15, 0.2) is 12.1 Å². The van der Waals surface area contributed by atoms with Crippen LogP contribution in [0, 0.1) is 6.92 Å². The van der Waals surface area contributed by atoms with Gasteiger partial charge in [-0.25, -0.2) is 0 Å². The van der Waals surface area contributed by atoms with Crippen LogP contribution >= 0.6 is 0 Å². The summed E-state index contributed by atoms with van der Waals surface area (Å²) in [5.41, 5.74) is 3.52. The average molecular weight is 234 g/mol. The van der Waals surface area contributed by atoms with Crippen LogP contribution in [0.4, 0.5) is 0 Å². The Balaban J connectivity index is 2.38. The summed E-state index contributed by atoms with van der Waals surface area (Å²) in [6.07, 6.45) is 2.92.